The Morgan fingerprint density at radius 1 is 1.40 bits per heavy atom. The number of rotatable bonds is 4. The van der Waals surface area contributed by atoms with E-state index in [1.807, 2.05) is 0 Å². The van der Waals surface area contributed by atoms with Gasteiger partial charge in [0.1, 0.15) is 10.7 Å². The monoisotopic (exact) mass is 308 g/mol. The Labute approximate surface area is 125 Å². The molecule has 1 aliphatic rings. The summed E-state index contributed by atoms with van der Waals surface area (Å²) in [5, 5.41) is 7.15. The van der Waals surface area contributed by atoms with Crippen LogP contribution in [0.1, 0.15) is 22.5 Å². The number of para-hydroxylation sites is 1. The largest absolute Gasteiger partial charge is 0.382 e. The van der Waals surface area contributed by atoms with E-state index >= 15 is 0 Å². The number of halogens is 1. The number of hydrogen-bond acceptors (Lipinski definition) is 5. The number of amides is 1. The summed E-state index contributed by atoms with van der Waals surface area (Å²) in [5.41, 5.74) is 6.35. The number of nitrogens with two attached hydrogens (primary N) is 1. The van der Waals surface area contributed by atoms with Gasteiger partial charge in [-0.2, -0.15) is 0 Å². The first kappa shape index (κ1) is 13.2. The van der Waals surface area contributed by atoms with E-state index in [4.69, 9.17) is 17.3 Å². The van der Waals surface area contributed by atoms with Crippen LogP contribution in [0.25, 0.3) is 0 Å². The summed E-state index contributed by atoms with van der Waals surface area (Å²) < 4.78 is 0. The molecule has 0 bridgehead atoms. The molecule has 1 aliphatic carbocycles. The van der Waals surface area contributed by atoms with E-state index in [0.717, 1.165) is 12.8 Å². The van der Waals surface area contributed by atoms with Crippen molar-refractivity contribution < 1.29 is 4.79 Å². The number of benzene rings is 1. The molecule has 1 fully saturated rings. The van der Waals surface area contributed by atoms with Gasteiger partial charge in [-0.25, -0.2) is 4.98 Å². The molecule has 1 aromatic heterocycles. The molecule has 20 heavy (non-hydrogen) atoms. The highest BCUT2D eigenvalue weighted by molar-refractivity contribution is 7.18. The maximum absolute atomic E-state index is 12.2. The molecule has 2 aromatic rings. The molecule has 0 saturated heterocycles. The van der Waals surface area contributed by atoms with Crippen LogP contribution in [0, 0.1) is 0 Å². The summed E-state index contributed by atoms with van der Waals surface area (Å²) in [6.07, 6.45) is 2.28. The molecule has 0 unspecified atom stereocenters. The normalized spacial score (nSPS) is 14.1. The summed E-state index contributed by atoms with van der Waals surface area (Å²) in [6, 6.07) is 7.53. The molecule has 1 amide bonds. The zero-order valence-electron chi connectivity index (χ0n) is 10.5. The molecule has 1 heterocycles. The Kier molecular flexibility index (Phi) is 3.50. The lowest BCUT2D eigenvalue weighted by atomic mass is 10.3. The van der Waals surface area contributed by atoms with E-state index in [1.165, 1.54) is 11.3 Å². The van der Waals surface area contributed by atoms with Gasteiger partial charge in [0, 0.05) is 6.04 Å². The van der Waals surface area contributed by atoms with Gasteiger partial charge in [0.05, 0.1) is 10.7 Å². The molecule has 3 rings (SSSR count). The molecular formula is C13H13ClN4OS. The number of hydrogen-bond donors (Lipinski definition) is 3. The Hall–Kier alpha value is -1.79. The van der Waals surface area contributed by atoms with Gasteiger partial charge in [-0.05, 0) is 25.0 Å². The Balaban J connectivity index is 1.76. The van der Waals surface area contributed by atoms with E-state index in [-0.39, 0.29) is 11.7 Å². The fourth-order valence-corrected chi connectivity index (χ4v) is 2.74. The summed E-state index contributed by atoms with van der Waals surface area (Å²) in [4.78, 5) is 16.8. The second-order valence-corrected chi connectivity index (χ2v) is 5.99. The first-order chi connectivity index (χ1) is 9.63. The standard InChI is InChI=1S/C13H13ClN4OS/c14-8-3-1-2-4-9(8)17-12(19)10-11(15)18-13(20-10)16-7-5-6-7/h1-4,7H,5-6,15H2,(H,16,18)(H,17,19). The van der Waals surface area contributed by atoms with Gasteiger partial charge in [0.2, 0.25) is 0 Å². The van der Waals surface area contributed by atoms with Gasteiger partial charge in [-0.1, -0.05) is 35.1 Å². The maximum atomic E-state index is 12.2. The van der Waals surface area contributed by atoms with Gasteiger partial charge in [0.15, 0.2) is 5.13 Å². The average Bonchev–Trinajstić information content (AvgIpc) is 3.14. The molecular weight excluding hydrogens is 296 g/mol. The van der Waals surface area contributed by atoms with Gasteiger partial charge < -0.3 is 16.4 Å². The molecule has 0 radical (unpaired) electrons. The van der Waals surface area contributed by atoms with Crippen LogP contribution in [-0.2, 0) is 0 Å². The average molecular weight is 309 g/mol. The zero-order valence-corrected chi connectivity index (χ0v) is 12.1. The Morgan fingerprint density at radius 3 is 2.85 bits per heavy atom. The summed E-state index contributed by atoms with van der Waals surface area (Å²) in [6.45, 7) is 0. The number of carbonyl (C=O) groups is 1. The van der Waals surface area contributed by atoms with Crippen molar-refractivity contribution in [2.24, 2.45) is 0 Å². The minimum atomic E-state index is -0.294. The van der Waals surface area contributed by atoms with E-state index in [2.05, 4.69) is 15.6 Å². The Morgan fingerprint density at radius 2 is 2.15 bits per heavy atom. The summed E-state index contributed by atoms with van der Waals surface area (Å²) in [5.74, 6) is -0.0559. The second kappa shape index (κ2) is 5.30. The number of nitrogen functional groups attached to an aromatic ring is 1. The van der Waals surface area contributed by atoms with Crippen LogP contribution in [0.5, 0.6) is 0 Å². The fraction of sp³-hybridized carbons (Fsp3) is 0.231. The lowest BCUT2D eigenvalue weighted by Crippen LogP contribution is -2.12. The molecule has 7 heteroatoms. The van der Waals surface area contributed by atoms with E-state index in [9.17, 15) is 4.79 Å². The zero-order chi connectivity index (χ0) is 14.1. The molecule has 0 spiro atoms. The molecule has 1 saturated carbocycles. The lowest BCUT2D eigenvalue weighted by molar-refractivity contribution is 0.103. The predicted octanol–water partition coefficient (Wildman–Crippen LogP) is 3.21. The summed E-state index contributed by atoms with van der Waals surface area (Å²) >= 11 is 7.27. The number of nitrogens with zero attached hydrogens (tertiary/aromatic N) is 1. The minimum absolute atomic E-state index is 0.239. The number of aromatic nitrogens is 1. The van der Waals surface area contributed by atoms with Crippen molar-refractivity contribution >= 4 is 45.5 Å². The van der Waals surface area contributed by atoms with Crippen molar-refractivity contribution in [3.05, 3.63) is 34.2 Å². The predicted molar refractivity (Wildman–Crippen MR) is 82.6 cm³/mol. The minimum Gasteiger partial charge on any atom is -0.382 e. The van der Waals surface area contributed by atoms with Crippen molar-refractivity contribution in [3.63, 3.8) is 0 Å². The van der Waals surface area contributed by atoms with Gasteiger partial charge in [0.25, 0.3) is 5.91 Å². The number of carbonyl (C=O) groups excluding carboxylic acids is 1. The van der Waals surface area contributed by atoms with Crippen molar-refractivity contribution in [2.45, 2.75) is 18.9 Å². The van der Waals surface area contributed by atoms with Crippen LogP contribution >= 0.6 is 22.9 Å². The van der Waals surface area contributed by atoms with Crippen molar-refractivity contribution in [2.75, 3.05) is 16.4 Å². The number of nitrogens with one attached hydrogen (secondary N) is 2. The SMILES string of the molecule is Nc1nc(NC2CC2)sc1C(=O)Nc1ccccc1Cl. The number of anilines is 3. The number of thiazole rings is 1. The van der Waals surface area contributed by atoms with Crippen molar-refractivity contribution in [1.29, 1.82) is 0 Å². The third-order valence-electron chi connectivity index (χ3n) is 2.89. The first-order valence-corrected chi connectivity index (χ1v) is 7.41. The third kappa shape index (κ3) is 2.86. The highest BCUT2D eigenvalue weighted by Crippen LogP contribution is 2.31. The highest BCUT2D eigenvalue weighted by atomic mass is 35.5. The lowest BCUT2D eigenvalue weighted by Gasteiger charge is -2.05. The van der Waals surface area contributed by atoms with Crippen molar-refractivity contribution in [3.8, 4) is 0 Å². The van der Waals surface area contributed by atoms with Gasteiger partial charge >= 0.3 is 0 Å². The smallest absolute Gasteiger partial charge is 0.269 e. The van der Waals surface area contributed by atoms with Crippen LogP contribution in [0.4, 0.5) is 16.6 Å². The van der Waals surface area contributed by atoms with Gasteiger partial charge in [-0.3, -0.25) is 4.79 Å². The Bertz CT molecular complexity index is 654. The quantitative estimate of drug-likeness (QED) is 0.810. The van der Waals surface area contributed by atoms with E-state index in [1.54, 1.807) is 24.3 Å². The molecule has 1 aromatic carbocycles. The van der Waals surface area contributed by atoms with Crippen LogP contribution in [0.2, 0.25) is 5.02 Å². The first-order valence-electron chi connectivity index (χ1n) is 6.22. The van der Waals surface area contributed by atoms with E-state index < -0.39 is 0 Å². The van der Waals surface area contributed by atoms with Crippen LogP contribution in [0.3, 0.4) is 0 Å². The molecule has 4 N–H and O–H groups in total. The topological polar surface area (TPSA) is 80.0 Å². The fourth-order valence-electron chi connectivity index (χ4n) is 1.70. The molecule has 0 aliphatic heterocycles. The van der Waals surface area contributed by atoms with Crippen LogP contribution < -0.4 is 16.4 Å². The molecule has 104 valence electrons. The van der Waals surface area contributed by atoms with Crippen molar-refractivity contribution in [1.82, 2.24) is 4.98 Å². The van der Waals surface area contributed by atoms with E-state index in [0.29, 0.717) is 26.8 Å². The van der Waals surface area contributed by atoms with Crippen LogP contribution in [0.15, 0.2) is 24.3 Å². The molecule has 0 atom stereocenters. The second-order valence-electron chi connectivity index (χ2n) is 4.59. The molecule has 5 nitrogen and oxygen atoms in total. The van der Waals surface area contributed by atoms with Crippen LogP contribution in [-0.4, -0.2) is 16.9 Å². The summed E-state index contributed by atoms with van der Waals surface area (Å²) in [7, 11) is 0. The van der Waals surface area contributed by atoms with Gasteiger partial charge in [-0.15, -0.1) is 0 Å². The third-order valence-corrected chi connectivity index (χ3v) is 4.22. The highest BCUT2D eigenvalue weighted by Gasteiger charge is 2.24. The maximum Gasteiger partial charge on any atom is 0.269 e.